The molecule has 2 aromatic carbocycles. The number of halogens is 6. The first-order valence-corrected chi connectivity index (χ1v) is 37.0. The van der Waals surface area contributed by atoms with Gasteiger partial charge in [-0.05, 0) is 63.4 Å². The molecular formula is C59H92Cl6NO15PSi. The number of nitrogens with one attached hydrogen (secondary N) is 1. The van der Waals surface area contributed by atoms with Crippen molar-refractivity contribution in [2.24, 2.45) is 0 Å². The highest BCUT2D eigenvalue weighted by atomic mass is 35.6. The van der Waals surface area contributed by atoms with Gasteiger partial charge >= 0.3 is 32.0 Å². The third kappa shape index (κ3) is 32.9. The van der Waals surface area contributed by atoms with Gasteiger partial charge in [-0.25, -0.2) is 14.2 Å². The molecule has 1 heterocycles. The molecule has 0 bridgehead atoms. The first kappa shape index (κ1) is 74.8. The lowest BCUT2D eigenvalue weighted by Gasteiger charge is -2.45. The quantitative estimate of drug-likeness (QED) is 0.0165. The molecule has 1 amide bonds. The SMILES string of the molecule is CCCCCCCCCCCCCC(=O)O[C@H](CCCCCCCCCCC)CC(=O)O[C@@H]1[C@H](NC(=O)OCC(Cl)(Cl)Cl)[C@@H](OCC[Si](C)(C)C)O[C@H](COC(=O)OC(C)(C)C(Cl)(Cl)Cl)[C@H]1OP(=O)(Oc1ccccc1)Oc1ccccc1. The molecule has 2 aromatic rings. The Bertz CT molecular complexity index is 2150. The molecule has 0 radical (unpaired) electrons. The Morgan fingerprint density at radius 1 is 0.663 bits per heavy atom. The van der Waals surface area contributed by atoms with E-state index in [1.165, 1.54) is 95.9 Å². The van der Waals surface area contributed by atoms with E-state index in [0.29, 0.717) is 25.3 Å². The van der Waals surface area contributed by atoms with Crippen LogP contribution in [0, 0.1) is 0 Å². The van der Waals surface area contributed by atoms with Gasteiger partial charge in [0.2, 0.25) is 7.59 Å². The molecule has 16 nitrogen and oxygen atoms in total. The molecular weight excluding hydrogens is 1230 g/mol. The van der Waals surface area contributed by atoms with Crippen molar-refractivity contribution < 1.29 is 70.5 Å². The van der Waals surface area contributed by atoms with Gasteiger partial charge in [0, 0.05) is 21.1 Å². The van der Waals surface area contributed by atoms with Crippen LogP contribution in [0.15, 0.2) is 60.7 Å². The molecule has 0 saturated carbocycles. The minimum atomic E-state index is -5.01. The topological polar surface area (TPSA) is 190 Å². The second-order valence-electron chi connectivity index (χ2n) is 22.8. The number of esters is 2. The molecule has 0 unspecified atom stereocenters. The number of hydrogen-bond acceptors (Lipinski definition) is 15. The molecule has 0 aromatic heterocycles. The minimum Gasteiger partial charge on any atom is -0.462 e. The summed E-state index contributed by atoms with van der Waals surface area (Å²) in [4.78, 5) is 55.9. The third-order valence-electron chi connectivity index (χ3n) is 13.6. The zero-order valence-electron chi connectivity index (χ0n) is 49.7. The molecule has 1 fully saturated rings. The van der Waals surface area contributed by atoms with E-state index in [1.807, 2.05) is 0 Å². The Hall–Kier alpha value is -2.41. The van der Waals surface area contributed by atoms with Crippen molar-refractivity contribution in [2.45, 2.75) is 251 Å². The van der Waals surface area contributed by atoms with E-state index in [9.17, 15) is 19.2 Å². The fourth-order valence-electron chi connectivity index (χ4n) is 8.73. The Balaban J connectivity index is 2.13. The van der Waals surface area contributed by atoms with E-state index in [2.05, 4.69) is 38.8 Å². The highest BCUT2D eigenvalue weighted by molar-refractivity contribution is 7.49. The Morgan fingerprint density at radius 3 is 1.64 bits per heavy atom. The number of ether oxygens (including phenoxy) is 7. The van der Waals surface area contributed by atoms with Crippen molar-refractivity contribution >= 4 is 110 Å². The summed E-state index contributed by atoms with van der Waals surface area (Å²) in [6, 6.07) is 14.9. The van der Waals surface area contributed by atoms with Gasteiger partial charge in [0.1, 0.15) is 49.1 Å². The molecule has 24 heteroatoms. The van der Waals surface area contributed by atoms with Gasteiger partial charge in [-0.15, -0.1) is 0 Å². The van der Waals surface area contributed by atoms with Crippen LogP contribution in [0.1, 0.15) is 175 Å². The number of benzene rings is 2. The normalized spacial score (nSPS) is 18.2. The number of amides is 1. The summed E-state index contributed by atoms with van der Waals surface area (Å²) >= 11 is 36.4. The number of unbranched alkanes of at least 4 members (excludes halogenated alkanes) is 18. The van der Waals surface area contributed by atoms with Crippen LogP contribution in [0.3, 0.4) is 0 Å². The number of phosphoric acid groups is 1. The zero-order chi connectivity index (χ0) is 61.4. The van der Waals surface area contributed by atoms with Crippen molar-refractivity contribution in [1.82, 2.24) is 5.32 Å². The number of carbonyl (C=O) groups excluding carboxylic acids is 4. The van der Waals surface area contributed by atoms with E-state index in [1.54, 1.807) is 36.4 Å². The van der Waals surface area contributed by atoms with Crippen molar-refractivity contribution in [3.8, 4) is 11.5 Å². The summed E-state index contributed by atoms with van der Waals surface area (Å²) in [6.07, 6.45) is 11.3. The van der Waals surface area contributed by atoms with Crippen LogP contribution in [0.2, 0.25) is 25.7 Å². The van der Waals surface area contributed by atoms with Crippen molar-refractivity contribution in [1.29, 1.82) is 0 Å². The first-order valence-electron chi connectivity index (χ1n) is 29.6. The van der Waals surface area contributed by atoms with Gasteiger partial charge in [-0.3, -0.25) is 14.1 Å². The molecule has 3 rings (SSSR count). The summed E-state index contributed by atoms with van der Waals surface area (Å²) in [5.41, 5.74) is -1.73. The highest BCUT2D eigenvalue weighted by Crippen LogP contribution is 2.53. The maximum absolute atomic E-state index is 15.4. The summed E-state index contributed by atoms with van der Waals surface area (Å²) in [7, 11) is -6.85. The standard InChI is InChI=1S/C59H92Cl6NO15PSi/c1-8-10-12-14-16-18-19-21-23-25-33-39-49(67)75-47(38-28-24-22-20-17-15-13-11-9-2)42-50(68)77-53-51(66-55(69)74-44-58(60,61)62)54(72-40-41-83(5,6)7)76-48(43-73-56(70)78-57(3,4)59(63,64)65)52(53)81-82(71,79-45-34-29-26-30-35-45)80-46-36-31-27-32-37-46/h26-27,29-32,34-37,47-48,51-54H,8-25,28,33,38-44H2,1-7H3,(H,66,69)/t47-,48-,51+,52-,53-,54+/m1/s1. The molecule has 1 saturated heterocycles. The summed E-state index contributed by atoms with van der Waals surface area (Å²) < 4.78 is 71.6. The number of carbonyl (C=O) groups is 4. The van der Waals surface area contributed by atoms with Gasteiger partial charge in [0.15, 0.2) is 18.0 Å². The second-order valence-corrected chi connectivity index (χ2v) is 34.6. The van der Waals surface area contributed by atoms with E-state index in [-0.39, 0.29) is 24.5 Å². The maximum Gasteiger partial charge on any atom is 0.588 e. The summed E-state index contributed by atoms with van der Waals surface area (Å²) in [5, 5.41) is 2.64. The Kier molecular flexibility index (Phi) is 35.6. The zero-order valence-corrected chi connectivity index (χ0v) is 56.1. The van der Waals surface area contributed by atoms with Crippen LogP contribution in [0.4, 0.5) is 9.59 Å². The average molecular weight is 1330 g/mol. The van der Waals surface area contributed by atoms with Crippen LogP contribution in [0.25, 0.3) is 0 Å². The van der Waals surface area contributed by atoms with Gasteiger partial charge in [-0.2, -0.15) is 0 Å². The predicted molar refractivity (Wildman–Crippen MR) is 332 cm³/mol. The van der Waals surface area contributed by atoms with E-state index >= 15 is 4.57 Å². The molecule has 1 N–H and O–H groups in total. The van der Waals surface area contributed by atoms with Crippen molar-refractivity contribution in [3.05, 3.63) is 60.7 Å². The summed E-state index contributed by atoms with van der Waals surface area (Å²) in [6.45, 7) is 12.0. The lowest BCUT2D eigenvalue weighted by molar-refractivity contribution is -0.269. The maximum atomic E-state index is 15.4. The monoisotopic (exact) mass is 1320 g/mol. The lowest BCUT2D eigenvalue weighted by Crippen LogP contribution is -2.66. The smallest absolute Gasteiger partial charge is 0.462 e. The number of alkyl carbamates (subject to hydrolysis) is 1. The van der Waals surface area contributed by atoms with E-state index < -0.39 is 110 Å². The van der Waals surface area contributed by atoms with Crippen molar-refractivity contribution in [2.75, 3.05) is 19.8 Å². The molecule has 83 heavy (non-hydrogen) atoms. The van der Waals surface area contributed by atoms with E-state index in [0.717, 1.165) is 57.8 Å². The number of alkyl halides is 6. The van der Waals surface area contributed by atoms with Gasteiger partial charge in [0.05, 0.1) is 6.42 Å². The average Bonchev–Trinajstić information content (AvgIpc) is 3.48. The Morgan fingerprint density at radius 2 is 1.16 bits per heavy atom. The lowest BCUT2D eigenvalue weighted by atomic mass is 9.96. The second kappa shape index (κ2) is 39.5. The summed E-state index contributed by atoms with van der Waals surface area (Å²) in [5.74, 6) is -1.31. The molecule has 0 spiro atoms. The van der Waals surface area contributed by atoms with Crippen LogP contribution in [-0.4, -0.2) is 102 Å². The number of para-hydroxylation sites is 2. The molecule has 474 valence electrons. The molecule has 6 atom stereocenters. The van der Waals surface area contributed by atoms with Crippen LogP contribution in [-0.2, 0) is 51.8 Å². The minimum absolute atomic E-state index is 0.0363. The van der Waals surface area contributed by atoms with Crippen LogP contribution in [0.5, 0.6) is 11.5 Å². The molecule has 1 aliphatic rings. The first-order chi connectivity index (χ1) is 39.2. The van der Waals surface area contributed by atoms with E-state index in [4.69, 9.17) is 116 Å². The fraction of sp³-hybridized carbons (Fsp3) is 0.729. The third-order valence-corrected chi connectivity index (χ3v) is 18.3. The van der Waals surface area contributed by atoms with Gasteiger partial charge in [0.25, 0.3) is 0 Å². The number of rotatable bonds is 41. The predicted octanol–water partition coefficient (Wildman–Crippen LogP) is 18.3. The van der Waals surface area contributed by atoms with Crippen LogP contribution >= 0.6 is 77.4 Å². The highest BCUT2D eigenvalue weighted by Gasteiger charge is 2.55. The molecule has 0 aliphatic carbocycles. The van der Waals surface area contributed by atoms with Gasteiger partial charge in [-0.1, -0.05) is 255 Å². The van der Waals surface area contributed by atoms with Crippen molar-refractivity contribution in [3.63, 3.8) is 0 Å². The number of hydrogen-bond donors (Lipinski definition) is 1. The largest absolute Gasteiger partial charge is 0.588 e. The number of phosphoric ester groups is 1. The molecule has 1 aliphatic heterocycles. The van der Waals surface area contributed by atoms with Gasteiger partial charge < -0.3 is 47.5 Å². The fourth-order valence-corrected chi connectivity index (χ4v) is 11.2. The van der Waals surface area contributed by atoms with Crippen LogP contribution < -0.4 is 14.4 Å². The Labute approximate surface area is 525 Å².